The number of fused-ring (bicyclic) bond motifs is 1. The molecule has 0 unspecified atom stereocenters. The molecule has 0 radical (unpaired) electrons. The number of halogens is 1. The summed E-state index contributed by atoms with van der Waals surface area (Å²) in [7, 11) is 0. The normalized spacial score (nSPS) is 14.4. The number of aromatic nitrogens is 5. The second-order valence-electron chi connectivity index (χ2n) is 9.08. The molecule has 1 N–H and O–H groups in total. The summed E-state index contributed by atoms with van der Waals surface area (Å²) in [6.07, 6.45) is 1.56. The van der Waals surface area contributed by atoms with Crippen LogP contribution >= 0.6 is 22.9 Å². The lowest BCUT2D eigenvalue weighted by Gasteiger charge is -2.31. The Labute approximate surface area is 217 Å². The highest BCUT2D eigenvalue weighted by atomic mass is 35.5. The van der Waals surface area contributed by atoms with E-state index in [1.165, 1.54) is 11.3 Å². The smallest absolute Gasteiger partial charge is 0.276 e. The molecule has 5 rings (SSSR count). The van der Waals surface area contributed by atoms with Gasteiger partial charge in [-0.3, -0.25) is 9.59 Å². The van der Waals surface area contributed by atoms with Gasteiger partial charge in [-0.2, -0.15) is 5.10 Å². The lowest BCUT2D eigenvalue weighted by molar-refractivity contribution is 0.0704. The van der Waals surface area contributed by atoms with E-state index in [9.17, 15) is 9.59 Å². The number of piperidine rings is 1. The number of thiazole rings is 1. The molecular formula is C25H26ClN7O2S. The monoisotopic (exact) mass is 523 g/mol. The summed E-state index contributed by atoms with van der Waals surface area (Å²) in [5, 5.41) is 19.1. The Morgan fingerprint density at radius 2 is 1.92 bits per heavy atom. The van der Waals surface area contributed by atoms with Crippen LogP contribution in [-0.4, -0.2) is 54.6 Å². The fourth-order valence-electron chi connectivity index (χ4n) is 4.46. The van der Waals surface area contributed by atoms with Gasteiger partial charge in [0.25, 0.3) is 11.8 Å². The third-order valence-corrected chi connectivity index (χ3v) is 7.80. The minimum absolute atomic E-state index is 0.134. The first-order valence-corrected chi connectivity index (χ1v) is 13.0. The van der Waals surface area contributed by atoms with Crippen molar-refractivity contribution >= 4 is 40.4 Å². The van der Waals surface area contributed by atoms with Gasteiger partial charge in [-0.05, 0) is 56.9 Å². The Balaban J connectivity index is 1.19. The van der Waals surface area contributed by atoms with Crippen LogP contribution in [0.1, 0.15) is 67.3 Å². The summed E-state index contributed by atoms with van der Waals surface area (Å²) in [6.45, 7) is 7.30. The average Bonchev–Trinajstić information content (AvgIpc) is 3.50. The van der Waals surface area contributed by atoms with Crippen LogP contribution < -0.4 is 5.32 Å². The van der Waals surface area contributed by atoms with Gasteiger partial charge in [0, 0.05) is 42.0 Å². The van der Waals surface area contributed by atoms with E-state index in [4.69, 9.17) is 11.6 Å². The summed E-state index contributed by atoms with van der Waals surface area (Å²) in [5.74, 6) is -0.120. The molecule has 0 saturated carbocycles. The summed E-state index contributed by atoms with van der Waals surface area (Å²) in [4.78, 5) is 32.2. The van der Waals surface area contributed by atoms with Crippen LogP contribution in [-0.2, 0) is 6.54 Å². The molecule has 1 aliphatic rings. The van der Waals surface area contributed by atoms with Crippen molar-refractivity contribution in [1.82, 2.24) is 35.0 Å². The maximum atomic E-state index is 13.1. The topological polar surface area (TPSA) is 105 Å². The molecule has 1 fully saturated rings. The largest absolute Gasteiger partial charge is 0.347 e. The van der Waals surface area contributed by atoms with Gasteiger partial charge in [0.1, 0.15) is 5.69 Å². The Kier molecular flexibility index (Phi) is 6.72. The van der Waals surface area contributed by atoms with Crippen molar-refractivity contribution in [3.8, 4) is 0 Å². The van der Waals surface area contributed by atoms with E-state index in [0.29, 0.717) is 47.4 Å². The maximum Gasteiger partial charge on any atom is 0.276 e. The highest BCUT2D eigenvalue weighted by Crippen LogP contribution is 2.31. The SMILES string of the molecule is Cc1cc2nnc(C(=O)N3CCC(c4nc(C(=O)NCc5ccc(Cl)cc5C)cs4)CC3)c(C)n2n1. The van der Waals surface area contributed by atoms with Gasteiger partial charge in [-0.15, -0.1) is 21.5 Å². The molecular weight excluding hydrogens is 498 g/mol. The van der Waals surface area contributed by atoms with E-state index in [1.54, 1.807) is 9.90 Å². The van der Waals surface area contributed by atoms with Crippen LogP contribution in [0, 0.1) is 20.8 Å². The molecule has 1 aromatic carbocycles. The van der Waals surface area contributed by atoms with Crippen LogP contribution in [0.15, 0.2) is 29.6 Å². The number of carbonyl (C=O) groups excluding carboxylic acids is 2. The Hall–Kier alpha value is -3.37. The van der Waals surface area contributed by atoms with Crippen molar-refractivity contribution in [2.24, 2.45) is 0 Å². The van der Waals surface area contributed by atoms with Crippen LogP contribution in [0.5, 0.6) is 0 Å². The Bertz CT molecular complexity index is 1460. The number of hydrogen-bond acceptors (Lipinski definition) is 7. The number of benzene rings is 1. The van der Waals surface area contributed by atoms with Crippen LogP contribution in [0.4, 0.5) is 0 Å². The molecule has 36 heavy (non-hydrogen) atoms. The number of rotatable bonds is 5. The summed E-state index contributed by atoms with van der Waals surface area (Å²) in [6, 6.07) is 7.45. The van der Waals surface area contributed by atoms with Gasteiger partial charge >= 0.3 is 0 Å². The molecule has 0 atom stereocenters. The maximum absolute atomic E-state index is 13.1. The fourth-order valence-corrected chi connectivity index (χ4v) is 5.66. The number of aryl methyl sites for hydroxylation is 3. The van der Waals surface area contributed by atoms with Crippen molar-refractivity contribution in [1.29, 1.82) is 0 Å². The third-order valence-electron chi connectivity index (χ3n) is 6.56. The van der Waals surface area contributed by atoms with E-state index in [2.05, 4.69) is 25.6 Å². The van der Waals surface area contributed by atoms with Crippen LogP contribution in [0.2, 0.25) is 5.02 Å². The van der Waals surface area contributed by atoms with Gasteiger partial charge < -0.3 is 10.2 Å². The first kappa shape index (κ1) is 24.3. The van der Waals surface area contributed by atoms with Crippen LogP contribution in [0.3, 0.4) is 0 Å². The van der Waals surface area contributed by atoms with Crippen molar-refractivity contribution in [3.05, 3.63) is 73.6 Å². The Morgan fingerprint density at radius 1 is 1.14 bits per heavy atom. The van der Waals surface area contributed by atoms with Gasteiger partial charge in [0.05, 0.1) is 16.4 Å². The van der Waals surface area contributed by atoms with E-state index in [1.807, 2.05) is 49.9 Å². The zero-order chi connectivity index (χ0) is 25.4. The number of carbonyl (C=O) groups is 2. The molecule has 3 aromatic heterocycles. The molecule has 0 spiro atoms. The molecule has 4 aromatic rings. The lowest BCUT2D eigenvalue weighted by atomic mass is 9.97. The number of amides is 2. The van der Waals surface area contributed by atoms with E-state index < -0.39 is 0 Å². The predicted octanol–water partition coefficient (Wildman–Crippen LogP) is 4.11. The highest BCUT2D eigenvalue weighted by molar-refractivity contribution is 7.09. The van der Waals surface area contributed by atoms with Crippen molar-refractivity contribution < 1.29 is 9.59 Å². The quantitative estimate of drug-likeness (QED) is 0.422. The molecule has 1 aliphatic heterocycles. The molecule has 2 amide bonds. The van der Waals surface area contributed by atoms with Crippen molar-refractivity contribution in [2.45, 2.75) is 46.1 Å². The molecule has 0 aliphatic carbocycles. The zero-order valence-electron chi connectivity index (χ0n) is 20.3. The van der Waals surface area contributed by atoms with E-state index >= 15 is 0 Å². The molecule has 9 nitrogen and oxygen atoms in total. The summed E-state index contributed by atoms with van der Waals surface area (Å²) < 4.78 is 1.67. The Morgan fingerprint density at radius 3 is 2.67 bits per heavy atom. The van der Waals surface area contributed by atoms with Crippen molar-refractivity contribution in [3.63, 3.8) is 0 Å². The van der Waals surface area contributed by atoms with Crippen LogP contribution in [0.25, 0.3) is 5.65 Å². The number of nitrogens with one attached hydrogen (secondary N) is 1. The van der Waals surface area contributed by atoms with Gasteiger partial charge in [0.2, 0.25) is 0 Å². The first-order chi connectivity index (χ1) is 17.3. The minimum atomic E-state index is -0.197. The first-order valence-electron chi connectivity index (χ1n) is 11.8. The standard InChI is InChI=1S/C25H26ClN7O2S/c1-14-10-19(26)5-4-18(14)12-27-23(34)20-13-36-24(28-20)17-6-8-32(9-7-17)25(35)22-16(3)33-21(29-30-22)11-15(2)31-33/h4-5,10-11,13,17H,6-9,12H2,1-3H3,(H,27,34). The third kappa shape index (κ3) is 4.83. The van der Waals surface area contributed by atoms with Crippen molar-refractivity contribution in [2.75, 3.05) is 13.1 Å². The average molecular weight is 524 g/mol. The molecule has 1 saturated heterocycles. The molecule has 186 valence electrons. The van der Waals surface area contributed by atoms with Gasteiger partial charge in [0.15, 0.2) is 11.3 Å². The fraction of sp³-hybridized carbons (Fsp3) is 0.360. The molecule has 4 heterocycles. The van der Waals surface area contributed by atoms with Gasteiger partial charge in [-0.1, -0.05) is 17.7 Å². The van der Waals surface area contributed by atoms with Gasteiger partial charge in [-0.25, -0.2) is 9.50 Å². The van der Waals surface area contributed by atoms with E-state index in [-0.39, 0.29) is 17.7 Å². The zero-order valence-corrected chi connectivity index (χ0v) is 21.9. The number of nitrogens with zero attached hydrogens (tertiary/aromatic N) is 6. The number of hydrogen-bond donors (Lipinski definition) is 1. The second-order valence-corrected chi connectivity index (χ2v) is 10.4. The minimum Gasteiger partial charge on any atom is -0.347 e. The molecule has 0 bridgehead atoms. The predicted molar refractivity (Wildman–Crippen MR) is 138 cm³/mol. The molecule has 11 heteroatoms. The highest BCUT2D eigenvalue weighted by Gasteiger charge is 2.29. The second kappa shape index (κ2) is 9.94. The lowest BCUT2D eigenvalue weighted by Crippen LogP contribution is -2.39. The summed E-state index contributed by atoms with van der Waals surface area (Å²) >= 11 is 7.51. The summed E-state index contributed by atoms with van der Waals surface area (Å²) in [5.41, 5.74) is 4.94. The number of likely N-dealkylation sites (tertiary alicyclic amines) is 1. The van der Waals surface area contributed by atoms with E-state index in [0.717, 1.165) is 34.7 Å².